The molecule has 0 spiro atoms. The van der Waals surface area contributed by atoms with E-state index in [1.165, 1.54) is 7.11 Å². The maximum absolute atomic E-state index is 10.4. The van der Waals surface area contributed by atoms with Crippen molar-refractivity contribution in [2.24, 2.45) is 0 Å². The van der Waals surface area contributed by atoms with Gasteiger partial charge in [0.25, 0.3) is 0 Å². The first kappa shape index (κ1) is 9.32. The summed E-state index contributed by atoms with van der Waals surface area (Å²) in [7, 11) is 1.28. The molecule has 1 unspecified atom stereocenters. The van der Waals surface area contributed by atoms with Crippen molar-refractivity contribution in [2.75, 3.05) is 7.11 Å². The van der Waals surface area contributed by atoms with Crippen molar-refractivity contribution in [1.29, 1.82) is 0 Å². The zero-order valence-corrected chi connectivity index (χ0v) is 6.73. The van der Waals surface area contributed by atoms with E-state index >= 15 is 0 Å². The van der Waals surface area contributed by atoms with Crippen LogP contribution in [-0.2, 0) is 9.53 Å². The molecule has 0 fully saturated rings. The number of methoxy groups -OCH3 is 1. The van der Waals surface area contributed by atoms with Gasteiger partial charge in [0.1, 0.15) is 0 Å². The van der Waals surface area contributed by atoms with Gasteiger partial charge in [-0.25, -0.2) is 4.79 Å². The normalized spacial score (nSPS) is 11.1. The minimum atomic E-state index is -0.543. The molecule has 0 aromatic rings. The molecule has 0 aromatic carbocycles. The molecule has 0 radical (unpaired) electrons. The van der Waals surface area contributed by atoms with E-state index in [0.717, 1.165) is 6.42 Å². The second kappa shape index (κ2) is 5.13. The van der Waals surface area contributed by atoms with Gasteiger partial charge in [0.2, 0.25) is 0 Å². The van der Waals surface area contributed by atoms with E-state index in [2.05, 4.69) is 16.6 Å². The molecule has 0 aromatic heterocycles. The molecule has 0 aliphatic rings. The van der Waals surface area contributed by atoms with E-state index in [9.17, 15) is 4.79 Å². The van der Waals surface area contributed by atoms with Crippen molar-refractivity contribution in [1.82, 2.24) is 0 Å². The molecule has 1 atom stereocenters. The standard InChI is InChI=1S/C7H9ClO2/c1-3-6(8)4-5-7(9)10-2/h6H,3H2,1-2H3. The summed E-state index contributed by atoms with van der Waals surface area (Å²) in [6.45, 7) is 1.89. The number of esters is 1. The summed E-state index contributed by atoms with van der Waals surface area (Å²) >= 11 is 5.58. The average Bonchev–Trinajstić information content (AvgIpc) is 1.99. The predicted molar refractivity (Wildman–Crippen MR) is 39.7 cm³/mol. The summed E-state index contributed by atoms with van der Waals surface area (Å²) in [5, 5.41) is -0.251. The molecule has 2 nitrogen and oxygen atoms in total. The van der Waals surface area contributed by atoms with E-state index in [1.54, 1.807) is 0 Å². The van der Waals surface area contributed by atoms with Crippen molar-refractivity contribution >= 4 is 17.6 Å². The molecule has 0 aliphatic carbocycles. The third kappa shape index (κ3) is 4.22. The van der Waals surface area contributed by atoms with E-state index in [4.69, 9.17) is 11.6 Å². The highest BCUT2D eigenvalue weighted by Gasteiger charge is 1.94. The van der Waals surface area contributed by atoms with E-state index in [-0.39, 0.29) is 5.38 Å². The highest BCUT2D eigenvalue weighted by Crippen LogP contribution is 1.97. The first-order valence-electron chi connectivity index (χ1n) is 2.94. The van der Waals surface area contributed by atoms with Crippen LogP contribution in [0.4, 0.5) is 0 Å². The van der Waals surface area contributed by atoms with Crippen LogP contribution in [0.15, 0.2) is 0 Å². The van der Waals surface area contributed by atoms with Gasteiger partial charge < -0.3 is 4.74 Å². The molecule has 0 rings (SSSR count). The van der Waals surface area contributed by atoms with Crippen LogP contribution < -0.4 is 0 Å². The summed E-state index contributed by atoms with van der Waals surface area (Å²) in [5.74, 6) is 4.22. The van der Waals surface area contributed by atoms with Crippen molar-refractivity contribution in [3.05, 3.63) is 0 Å². The summed E-state index contributed by atoms with van der Waals surface area (Å²) in [6.07, 6.45) is 0.728. The Hall–Kier alpha value is -0.680. The molecule has 10 heavy (non-hydrogen) atoms. The predicted octanol–water partition coefficient (Wildman–Crippen LogP) is 1.18. The van der Waals surface area contributed by atoms with Crippen LogP contribution in [0.25, 0.3) is 0 Å². The average molecular weight is 161 g/mol. The van der Waals surface area contributed by atoms with Gasteiger partial charge in [-0.15, -0.1) is 11.6 Å². The lowest BCUT2D eigenvalue weighted by Gasteiger charge is -1.90. The van der Waals surface area contributed by atoms with E-state index in [0.29, 0.717) is 0 Å². The molecular weight excluding hydrogens is 152 g/mol. The maximum atomic E-state index is 10.4. The Kier molecular flexibility index (Phi) is 4.78. The van der Waals surface area contributed by atoms with Crippen LogP contribution >= 0.6 is 11.6 Å². The van der Waals surface area contributed by atoms with E-state index < -0.39 is 5.97 Å². The fourth-order valence-corrected chi connectivity index (χ4v) is 0.345. The third-order valence-electron chi connectivity index (χ3n) is 0.875. The Balaban J connectivity index is 3.78. The number of rotatable bonds is 1. The smallest absolute Gasteiger partial charge is 0.384 e. The minimum absolute atomic E-state index is 0.251. The number of alkyl halides is 1. The first-order valence-corrected chi connectivity index (χ1v) is 3.38. The first-order chi connectivity index (χ1) is 4.70. The summed E-state index contributed by atoms with van der Waals surface area (Å²) in [4.78, 5) is 10.4. The molecule has 0 N–H and O–H groups in total. The Labute approximate surface area is 65.5 Å². The van der Waals surface area contributed by atoms with Gasteiger partial charge in [0.15, 0.2) is 0 Å². The summed E-state index contributed by atoms with van der Waals surface area (Å²) < 4.78 is 4.27. The number of halogens is 1. The second-order valence-electron chi connectivity index (χ2n) is 1.64. The van der Waals surface area contributed by atoms with Gasteiger partial charge in [-0.1, -0.05) is 12.8 Å². The van der Waals surface area contributed by atoms with Crippen LogP contribution in [0.3, 0.4) is 0 Å². The van der Waals surface area contributed by atoms with Crippen LogP contribution in [0, 0.1) is 11.8 Å². The minimum Gasteiger partial charge on any atom is -0.459 e. The Bertz CT molecular complexity index is 166. The fraction of sp³-hybridized carbons (Fsp3) is 0.571. The zero-order chi connectivity index (χ0) is 7.98. The largest absolute Gasteiger partial charge is 0.459 e. The highest BCUT2D eigenvalue weighted by atomic mass is 35.5. The Morgan fingerprint density at radius 3 is 2.80 bits per heavy atom. The quantitative estimate of drug-likeness (QED) is 0.249. The van der Waals surface area contributed by atoms with Crippen molar-refractivity contribution in [2.45, 2.75) is 18.7 Å². The molecule has 0 heterocycles. The zero-order valence-electron chi connectivity index (χ0n) is 5.98. The van der Waals surface area contributed by atoms with Crippen LogP contribution in [0.2, 0.25) is 0 Å². The molecule has 0 saturated carbocycles. The van der Waals surface area contributed by atoms with Crippen LogP contribution in [-0.4, -0.2) is 18.5 Å². The lowest BCUT2D eigenvalue weighted by Crippen LogP contribution is -1.97. The molecule has 56 valence electrons. The maximum Gasteiger partial charge on any atom is 0.384 e. The van der Waals surface area contributed by atoms with Gasteiger partial charge in [-0.2, -0.15) is 0 Å². The van der Waals surface area contributed by atoms with Gasteiger partial charge in [0, 0.05) is 5.92 Å². The number of carbonyl (C=O) groups is 1. The topological polar surface area (TPSA) is 26.3 Å². The number of hydrogen-bond acceptors (Lipinski definition) is 2. The molecule has 0 bridgehead atoms. The monoisotopic (exact) mass is 160 g/mol. The van der Waals surface area contributed by atoms with Crippen LogP contribution in [0.1, 0.15) is 13.3 Å². The second-order valence-corrected chi connectivity index (χ2v) is 2.16. The SMILES string of the molecule is CCC(Cl)C#CC(=O)OC. The molecule has 0 aliphatic heterocycles. The lowest BCUT2D eigenvalue weighted by atomic mass is 10.3. The van der Waals surface area contributed by atoms with Crippen molar-refractivity contribution < 1.29 is 9.53 Å². The van der Waals surface area contributed by atoms with Gasteiger partial charge in [-0.3, -0.25) is 0 Å². The van der Waals surface area contributed by atoms with Gasteiger partial charge in [-0.05, 0) is 6.42 Å². The number of ether oxygens (including phenoxy) is 1. The highest BCUT2D eigenvalue weighted by molar-refractivity contribution is 6.22. The van der Waals surface area contributed by atoms with Crippen LogP contribution in [0.5, 0.6) is 0 Å². The molecular formula is C7H9ClO2. The fourth-order valence-electron chi connectivity index (χ4n) is 0.290. The Morgan fingerprint density at radius 1 is 1.80 bits per heavy atom. The lowest BCUT2D eigenvalue weighted by molar-refractivity contribution is -0.133. The Morgan fingerprint density at radius 2 is 2.40 bits per heavy atom. The van der Waals surface area contributed by atoms with Gasteiger partial charge >= 0.3 is 5.97 Å². The molecule has 0 saturated heterocycles. The van der Waals surface area contributed by atoms with E-state index in [1.807, 2.05) is 6.92 Å². The van der Waals surface area contributed by atoms with Crippen molar-refractivity contribution in [3.63, 3.8) is 0 Å². The molecule has 3 heteroatoms. The third-order valence-corrected chi connectivity index (χ3v) is 1.29. The summed E-state index contributed by atoms with van der Waals surface area (Å²) in [6, 6.07) is 0. The summed E-state index contributed by atoms with van der Waals surface area (Å²) in [5.41, 5.74) is 0. The number of hydrogen-bond donors (Lipinski definition) is 0. The number of carbonyl (C=O) groups excluding carboxylic acids is 1. The molecule has 0 amide bonds. The van der Waals surface area contributed by atoms with Gasteiger partial charge in [0.05, 0.1) is 12.5 Å². The van der Waals surface area contributed by atoms with Crippen molar-refractivity contribution in [3.8, 4) is 11.8 Å².